The number of nitrogens with zero attached hydrogens (tertiary/aromatic N) is 3. The van der Waals surface area contributed by atoms with Gasteiger partial charge < -0.3 is 15.2 Å². The third-order valence-corrected chi connectivity index (χ3v) is 8.14. The molecule has 0 unspecified atom stereocenters. The van der Waals surface area contributed by atoms with Gasteiger partial charge in [-0.1, -0.05) is 6.07 Å². The molecule has 0 saturated heterocycles. The molecule has 2 fully saturated rings. The van der Waals surface area contributed by atoms with Crippen molar-refractivity contribution in [3.63, 3.8) is 0 Å². The molecule has 2 atom stereocenters. The summed E-state index contributed by atoms with van der Waals surface area (Å²) in [4.78, 5) is 17.1. The number of carbonyl (C=O) groups is 1. The van der Waals surface area contributed by atoms with Gasteiger partial charge >= 0.3 is 12.3 Å². The molecular weight excluding hydrogens is 489 g/mol. The van der Waals surface area contributed by atoms with Crippen LogP contribution in [0.3, 0.4) is 0 Å². The minimum atomic E-state index is -4.81. The molecule has 0 aliphatic heterocycles. The smallest absolute Gasteiger partial charge is 0.417 e. The Morgan fingerprint density at radius 2 is 2.00 bits per heavy atom. The van der Waals surface area contributed by atoms with Crippen molar-refractivity contribution in [2.75, 3.05) is 7.11 Å². The Balaban J connectivity index is 0.000000320. The van der Waals surface area contributed by atoms with Crippen LogP contribution in [0.25, 0.3) is 11.3 Å². The number of benzene rings is 1. The van der Waals surface area contributed by atoms with Crippen molar-refractivity contribution in [1.82, 2.24) is 15.3 Å². The lowest BCUT2D eigenvalue weighted by Crippen LogP contribution is -2.33. The molecule has 1 amide bonds. The highest BCUT2D eigenvalue weighted by Crippen LogP contribution is 2.40. The summed E-state index contributed by atoms with van der Waals surface area (Å²) in [6.07, 6.45) is 0.202. The van der Waals surface area contributed by atoms with Crippen molar-refractivity contribution in [3.8, 4) is 17.3 Å². The van der Waals surface area contributed by atoms with Gasteiger partial charge in [0.25, 0.3) is 0 Å². The maximum absolute atomic E-state index is 13.6. The fraction of sp³-hybridized carbons (Fsp3) is 0.455. The highest BCUT2D eigenvalue weighted by Gasteiger charge is 2.45. The summed E-state index contributed by atoms with van der Waals surface area (Å²) in [5.74, 6) is 0. The zero-order chi connectivity index (χ0) is 25.9. The summed E-state index contributed by atoms with van der Waals surface area (Å²) in [5, 5.41) is 17.7. The molecule has 2 aromatic rings. The highest BCUT2D eigenvalue weighted by atomic mass is 32.2. The summed E-state index contributed by atoms with van der Waals surface area (Å²) in [5.41, 5.74) is -1.51. The van der Waals surface area contributed by atoms with Crippen molar-refractivity contribution in [3.05, 3.63) is 42.4 Å². The van der Waals surface area contributed by atoms with E-state index >= 15 is 0 Å². The number of nitriles is 1. The fourth-order valence-corrected chi connectivity index (χ4v) is 5.79. The van der Waals surface area contributed by atoms with Crippen LogP contribution in [0.1, 0.15) is 37.7 Å². The average Bonchev–Trinajstić information content (AvgIpc) is 3.40. The molecule has 0 spiro atoms. The number of carboxylic acid groups (broad SMARTS) is 1. The number of rotatable bonds is 5. The molecule has 2 aliphatic rings. The minimum absolute atomic E-state index is 0.158. The van der Waals surface area contributed by atoms with Gasteiger partial charge in [-0.05, 0) is 44.2 Å². The summed E-state index contributed by atoms with van der Waals surface area (Å²) in [6, 6.07) is 5.06. The lowest BCUT2D eigenvalue weighted by molar-refractivity contribution is -0.139. The molecule has 2 saturated carbocycles. The zero-order valence-corrected chi connectivity index (χ0v) is 19.4. The van der Waals surface area contributed by atoms with Crippen molar-refractivity contribution in [2.24, 2.45) is 0 Å². The van der Waals surface area contributed by atoms with E-state index in [1.165, 1.54) is 31.8 Å². The number of ether oxygens (including phenoxy) is 1. The van der Waals surface area contributed by atoms with Gasteiger partial charge in [-0.15, -0.1) is 0 Å². The Labute approximate surface area is 199 Å². The van der Waals surface area contributed by atoms with Gasteiger partial charge in [0.1, 0.15) is 5.54 Å². The quantitative estimate of drug-likeness (QED) is 0.616. The second-order valence-corrected chi connectivity index (χ2v) is 10.5. The van der Waals surface area contributed by atoms with E-state index in [1.807, 2.05) is 6.07 Å². The van der Waals surface area contributed by atoms with Crippen molar-refractivity contribution >= 4 is 15.9 Å². The second kappa shape index (κ2) is 10.2. The van der Waals surface area contributed by atoms with Gasteiger partial charge in [-0.2, -0.15) is 18.4 Å². The SMILES string of the molecule is CO[C@@H]1CC[C@@H](S(=O)(=O)c2ccc(-c3cnccn3)cc2C(F)(F)F)C1.N#CC1(NC(=O)O)CC1. The van der Waals surface area contributed by atoms with Crippen LogP contribution >= 0.6 is 0 Å². The van der Waals surface area contributed by atoms with Crippen molar-refractivity contribution < 1.29 is 36.2 Å². The Kier molecular flexibility index (Phi) is 7.66. The molecule has 2 aliphatic carbocycles. The first-order chi connectivity index (χ1) is 16.4. The van der Waals surface area contributed by atoms with Gasteiger partial charge in [-0.3, -0.25) is 9.97 Å². The molecule has 4 rings (SSSR count). The number of hydrogen-bond donors (Lipinski definition) is 2. The van der Waals surface area contributed by atoms with E-state index in [0.29, 0.717) is 19.3 Å². The molecule has 1 aromatic carbocycles. The van der Waals surface area contributed by atoms with E-state index in [9.17, 15) is 26.4 Å². The minimum Gasteiger partial charge on any atom is -0.465 e. The predicted molar refractivity (Wildman–Crippen MR) is 117 cm³/mol. The van der Waals surface area contributed by atoms with E-state index in [4.69, 9.17) is 15.1 Å². The normalized spacial score (nSPS) is 20.8. The first-order valence-corrected chi connectivity index (χ1v) is 12.1. The van der Waals surface area contributed by atoms with Gasteiger partial charge in [-0.25, -0.2) is 13.2 Å². The van der Waals surface area contributed by atoms with E-state index in [0.717, 1.165) is 12.1 Å². The summed E-state index contributed by atoms with van der Waals surface area (Å²) < 4.78 is 71.5. The number of hydrogen-bond acceptors (Lipinski definition) is 7. The zero-order valence-electron chi connectivity index (χ0n) is 18.6. The second-order valence-electron chi connectivity index (χ2n) is 8.26. The summed E-state index contributed by atoms with van der Waals surface area (Å²) >= 11 is 0. The largest absolute Gasteiger partial charge is 0.465 e. The van der Waals surface area contributed by atoms with Crippen LogP contribution in [0.4, 0.5) is 18.0 Å². The van der Waals surface area contributed by atoms with Crippen LogP contribution in [0.2, 0.25) is 0 Å². The third-order valence-electron chi connectivity index (χ3n) is 5.87. The summed E-state index contributed by atoms with van der Waals surface area (Å²) in [6.45, 7) is 0. The Hall–Kier alpha value is -3.24. The number of amides is 1. The predicted octanol–water partition coefficient (Wildman–Crippen LogP) is 3.81. The average molecular weight is 513 g/mol. The van der Waals surface area contributed by atoms with Crippen LogP contribution < -0.4 is 5.32 Å². The van der Waals surface area contributed by atoms with E-state index in [-0.39, 0.29) is 30.2 Å². The molecular formula is C22H23F3N4O5S. The summed E-state index contributed by atoms with van der Waals surface area (Å²) in [7, 11) is -2.66. The molecule has 1 heterocycles. The van der Waals surface area contributed by atoms with E-state index in [2.05, 4.69) is 15.3 Å². The number of aromatic nitrogens is 2. The lowest BCUT2D eigenvalue weighted by Gasteiger charge is -2.18. The number of alkyl halides is 3. The molecule has 35 heavy (non-hydrogen) atoms. The van der Waals surface area contributed by atoms with E-state index in [1.54, 1.807) is 0 Å². The number of nitrogens with one attached hydrogen (secondary N) is 1. The topological polar surface area (TPSA) is 142 Å². The van der Waals surface area contributed by atoms with Gasteiger partial charge in [0.05, 0.1) is 39.8 Å². The van der Waals surface area contributed by atoms with Crippen LogP contribution in [0.15, 0.2) is 41.7 Å². The monoisotopic (exact) mass is 512 g/mol. The Morgan fingerprint density at radius 1 is 1.29 bits per heavy atom. The maximum atomic E-state index is 13.6. The molecule has 9 nitrogen and oxygen atoms in total. The standard InChI is InChI=1S/C17H17F3N2O3S.C5H6N2O2/c1-25-12-3-4-13(9-12)26(23,24)16-5-2-11(8-14(16)17(18,19)20)15-10-21-6-7-22-15;6-3-5(1-2-5)7-4(8)9/h2,5-8,10,12-13H,3-4,9H2,1H3;7H,1-2H2,(H,8,9)/t12-,13-;/m1./s1. The number of halogens is 3. The lowest BCUT2D eigenvalue weighted by atomic mass is 10.1. The van der Waals surface area contributed by atoms with Crippen LogP contribution in [0.5, 0.6) is 0 Å². The first kappa shape index (κ1) is 26.4. The van der Waals surface area contributed by atoms with E-state index < -0.39 is 43.4 Å². The van der Waals surface area contributed by atoms with Crippen molar-refractivity contribution in [2.45, 2.75) is 60.1 Å². The van der Waals surface area contributed by atoms with Crippen LogP contribution in [-0.4, -0.2) is 53.6 Å². The highest BCUT2D eigenvalue weighted by molar-refractivity contribution is 7.92. The maximum Gasteiger partial charge on any atom is 0.417 e. The third kappa shape index (κ3) is 6.26. The number of methoxy groups -OCH3 is 1. The first-order valence-electron chi connectivity index (χ1n) is 10.6. The van der Waals surface area contributed by atoms with Crippen molar-refractivity contribution in [1.29, 1.82) is 5.26 Å². The van der Waals surface area contributed by atoms with Gasteiger partial charge in [0.2, 0.25) is 0 Å². The van der Waals surface area contributed by atoms with Gasteiger partial charge in [0, 0.05) is 25.1 Å². The molecule has 13 heteroatoms. The molecule has 0 radical (unpaired) electrons. The Morgan fingerprint density at radius 3 is 2.46 bits per heavy atom. The van der Waals surface area contributed by atoms with Crippen LogP contribution in [-0.2, 0) is 20.8 Å². The number of sulfone groups is 1. The fourth-order valence-electron chi connectivity index (χ4n) is 3.78. The molecule has 188 valence electrons. The van der Waals surface area contributed by atoms with Gasteiger partial charge in [0.15, 0.2) is 9.84 Å². The molecule has 1 aromatic heterocycles. The Bertz CT molecular complexity index is 1210. The molecule has 2 N–H and O–H groups in total. The molecule has 0 bridgehead atoms. The van der Waals surface area contributed by atoms with Crippen LogP contribution in [0, 0.1) is 11.3 Å².